The van der Waals surface area contributed by atoms with E-state index in [1.54, 1.807) is 24.3 Å². The first-order chi connectivity index (χ1) is 12.7. The topological polar surface area (TPSA) is 96.0 Å². The lowest BCUT2D eigenvalue weighted by Crippen LogP contribution is -2.46. The number of halogens is 3. The van der Waals surface area contributed by atoms with Gasteiger partial charge in [0, 0.05) is 6.42 Å². The molecular formula is C19H16F3N3O2. The van der Waals surface area contributed by atoms with Gasteiger partial charge < -0.3 is 11.1 Å². The lowest BCUT2D eigenvalue weighted by Gasteiger charge is -2.16. The van der Waals surface area contributed by atoms with E-state index in [9.17, 15) is 22.8 Å². The second-order valence-corrected chi connectivity index (χ2v) is 5.87. The molecule has 0 bridgehead atoms. The Morgan fingerprint density at radius 1 is 1.11 bits per heavy atom. The summed E-state index contributed by atoms with van der Waals surface area (Å²) in [6.45, 7) is 0. The largest absolute Gasteiger partial charge is 0.416 e. The van der Waals surface area contributed by atoms with Crippen LogP contribution in [0.1, 0.15) is 22.3 Å². The first kappa shape index (κ1) is 20.0. The van der Waals surface area contributed by atoms with Gasteiger partial charge in [-0.25, -0.2) is 0 Å². The fourth-order valence-electron chi connectivity index (χ4n) is 2.49. The Bertz CT molecular complexity index is 871. The highest BCUT2D eigenvalue weighted by Crippen LogP contribution is 2.29. The summed E-state index contributed by atoms with van der Waals surface area (Å²) in [4.78, 5) is 23.8. The van der Waals surface area contributed by atoms with Crippen LogP contribution in [-0.2, 0) is 28.6 Å². The zero-order valence-electron chi connectivity index (χ0n) is 14.1. The SMILES string of the molecule is N#Cc1ccccc1C[C@@H](NC(=O)Cc1ccc(C(F)(F)F)cc1)C(N)=O. The summed E-state index contributed by atoms with van der Waals surface area (Å²) < 4.78 is 37.7. The van der Waals surface area contributed by atoms with Crippen molar-refractivity contribution in [2.45, 2.75) is 25.1 Å². The predicted molar refractivity (Wildman–Crippen MR) is 91.1 cm³/mol. The Morgan fingerprint density at radius 3 is 2.30 bits per heavy atom. The van der Waals surface area contributed by atoms with E-state index in [0.29, 0.717) is 16.7 Å². The monoisotopic (exact) mass is 375 g/mol. The zero-order chi connectivity index (χ0) is 20.0. The first-order valence-electron chi connectivity index (χ1n) is 7.93. The summed E-state index contributed by atoms with van der Waals surface area (Å²) >= 11 is 0. The Kier molecular flexibility index (Phi) is 6.19. The molecule has 2 amide bonds. The molecule has 2 aromatic rings. The van der Waals surface area contributed by atoms with Gasteiger partial charge in [-0.2, -0.15) is 18.4 Å². The van der Waals surface area contributed by atoms with E-state index in [2.05, 4.69) is 5.32 Å². The number of amides is 2. The van der Waals surface area contributed by atoms with Crippen LogP contribution in [0.5, 0.6) is 0 Å². The molecule has 0 aliphatic heterocycles. The van der Waals surface area contributed by atoms with Crippen LogP contribution in [-0.4, -0.2) is 17.9 Å². The second kappa shape index (κ2) is 8.36. The summed E-state index contributed by atoms with van der Waals surface area (Å²) in [5, 5.41) is 11.6. The molecule has 0 aliphatic rings. The minimum atomic E-state index is -4.45. The fourth-order valence-corrected chi connectivity index (χ4v) is 2.49. The maximum Gasteiger partial charge on any atom is 0.416 e. The van der Waals surface area contributed by atoms with E-state index >= 15 is 0 Å². The van der Waals surface area contributed by atoms with Gasteiger partial charge in [-0.3, -0.25) is 9.59 Å². The van der Waals surface area contributed by atoms with E-state index in [0.717, 1.165) is 12.1 Å². The number of carbonyl (C=O) groups excluding carboxylic acids is 2. The van der Waals surface area contributed by atoms with Crippen LogP contribution in [0.15, 0.2) is 48.5 Å². The standard InChI is InChI=1S/C19H16F3N3O2/c20-19(21,22)15-7-5-12(6-8-15)9-17(26)25-16(18(24)27)10-13-3-1-2-4-14(13)11-23/h1-8,16H,9-10H2,(H2,24,27)(H,25,26)/t16-/m1/s1. The molecule has 0 heterocycles. The van der Waals surface area contributed by atoms with Gasteiger partial charge in [-0.1, -0.05) is 30.3 Å². The van der Waals surface area contributed by atoms with Crippen LogP contribution in [0.3, 0.4) is 0 Å². The average molecular weight is 375 g/mol. The Morgan fingerprint density at radius 2 is 1.74 bits per heavy atom. The van der Waals surface area contributed by atoms with Crippen molar-refractivity contribution in [2.75, 3.05) is 0 Å². The van der Waals surface area contributed by atoms with Crippen LogP contribution in [0, 0.1) is 11.3 Å². The number of nitriles is 1. The average Bonchev–Trinajstić information content (AvgIpc) is 2.61. The van der Waals surface area contributed by atoms with Gasteiger partial charge in [0.05, 0.1) is 23.6 Å². The van der Waals surface area contributed by atoms with Gasteiger partial charge in [0.25, 0.3) is 0 Å². The number of hydrogen-bond donors (Lipinski definition) is 2. The highest BCUT2D eigenvalue weighted by atomic mass is 19.4. The van der Waals surface area contributed by atoms with Crippen LogP contribution >= 0.6 is 0 Å². The van der Waals surface area contributed by atoms with Crippen LogP contribution in [0.2, 0.25) is 0 Å². The molecule has 0 radical (unpaired) electrons. The second-order valence-electron chi connectivity index (χ2n) is 5.87. The number of nitrogens with zero attached hydrogens (tertiary/aromatic N) is 1. The molecule has 2 aromatic carbocycles. The van der Waals surface area contributed by atoms with E-state index in [1.807, 2.05) is 6.07 Å². The molecule has 1 atom stereocenters. The van der Waals surface area contributed by atoms with Crippen LogP contribution in [0.4, 0.5) is 13.2 Å². The summed E-state index contributed by atoms with van der Waals surface area (Å²) in [7, 11) is 0. The highest BCUT2D eigenvalue weighted by molar-refractivity contribution is 5.87. The fraction of sp³-hybridized carbons (Fsp3) is 0.211. The highest BCUT2D eigenvalue weighted by Gasteiger charge is 2.30. The maximum absolute atomic E-state index is 12.6. The summed E-state index contributed by atoms with van der Waals surface area (Å²) in [6, 6.07) is 11.7. The Labute approximate surface area is 153 Å². The molecule has 27 heavy (non-hydrogen) atoms. The van der Waals surface area contributed by atoms with Crippen molar-refractivity contribution in [3.8, 4) is 6.07 Å². The van der Waals surface area contributed by atoms with E-state index in [-0.39, 0.29) is 12.8 Å². The molecule has 0 aliphatic carbocycles. The van der Waals surface area contributed by atoms with Crippen LogP contribution < -0.4 is 11.1 Å². The molecule has 0 fully saturated rings. The summed E-state index contributed by atoms with van der Waals surface area (Å²) in [6.07, 6.45) is -4.62. The molecule has 0 aromatic heterocycles. The lowest BCUT2D eigenvalue weighted by atomic mass is 10.00. The number of benzene rings is 2. The van der Waals surface area contributed by atoms with Gasteiger partial charge in [0.1, 0.15) is 6.04 Å². The molecule has 2 rings (SSSR count). The number of carbonyl (C=O) groups is 2. The quantitative estimate of drug-likeness (QED) is 0.811. The predicted octanol–water partition coefficient (Wildman–Crippen LogP) is 2.33. The van der Waals surface area contributed by atoms with E-state index in [4.69, 9.17) is 11.0 Å². The minimum Gasteiger partial charge on any atom is -0.368 e. The summed E-state index contributed by atoms with van der Waals surface area (Å²) in [5.41, 5.74) is 5.79. The van der Waals surface area contributed by atoms with Gasteiger partial charge in [-0.15, -0.1) is 0 Å². The number of primary amides is 1. The molecular weight excluding hydrogens is 359 g/mol. The van der Waals surface area contributed by atoms with Crippen molar-refractivity contribution in [1.29, 1.82) is 5.26 Å². The zero-order valence-corrected chi connectivity index (χ0v) is 14.1. The van der Waals surface area contributed by atoms with Crippen molar-refractivity contribution in [1.82, 2.24) is 5.32 Å². The molecule has 0 unspecified atom stereocenters. The molecule has 0 saturated carbocycles. The molecule has 0 spiro atoms. The van der Waals surface area contributed by atoms with Crippen molar-refractivity contribution >= 4 is 11.8 Å². The third-order valence-electron chi connectivity index (χ3n) is 3.89. The molecule has 0 saturated heterocycles. The van der Waals surface area contributed by atoms with Crippen molar-refractivity contribution < 1.29 is 22.8 Å². The summed E-state index contributed by atoms with van der Waals surface area (Å²) in [5.74, 6) is -1.34. The molecule has 140 valence electrons. The minimum absolute atomic E-state index is 0.0395. The van der Waals surface area contributed by atoms with Gasteiger partial charge in [0.2, 0.25) is 11.8 Å². The van der Waals surface area contributed by atoms with Crippen molar-refractivity contribution in [3.63, 3.8) is 0 Å². The normalized spacial score (nSPS) is 12.1. The van der Waals surface area contributed by atoms with Gasteiger partial charge in [-0.05, 0) is 29.3 Å². The number of nitrogens with two attached hydrogens (primary N) is 1. The van der Waals surface area contributed by atoms with Gasteiger partial charge in [0.15, 0.2) is 0 Å². The Balaban J connectivity index is 2.05. The van der Waals surface area contributed by atoms with E-state index in [1.165, 1.54) is 12.1 Å². The number of alkyl halides is 3. The van der Waals surface area contributed by atoms with E-state index < -0.39 is 29.6 Å². The number of rotatable bonds is 6. The Hall–Kier alpha value is -3.34. The molecule has 8 heteroatoms. The smallest absolute Gasteiger partial charge is 0.368 e. The first-order valence-corrected chi connectivity index (χ1v) is 7.93. The maximum atomic E-state index is 12.6. The number of hydrogen-bond acceptors (Lipinski definition) is 3. The molecule has 3 N–H and O–H groups in total. The number of nitrogens with one attached hydrogen (secondary N) is 1. The van der Waals surface area contributed by atoms with Crippen LogP contribution in [0.25, 0.3) is 0 Å². The lowest BCUT2D eigenvalue weighted by molar-refractivity contribution is -0.137. The molecule has 5 nitrogen and oxygen atoms in total. The third-order valence-corrected chi connectivity index (χ3v) is 3.89. The van der Waals surface area contributed by atoms with Crippen molar-refractivity contribution in [3.05, 3.63) is 70.8 Å². The van der Waals surface area contributed by atoms with Gasteiger partial charge >= 0.3 is 6.18 Å². The van der Waals surface area contributed by atoms with Crippen molar-refractivity contribution in [2.24, 2.45) is 5.73 Å². The third kappa shape index (κ3) is 5.57.